The van der Waals surface area contributed by atoms with Crippen molar-refractivity contribution in [1.82, 2.24) is 0 Å². The zero-order chi connectivity index (χ0) is 40.9. The maximum Gasteiger partial charge on any atom is 0.201 e. The van der Waals surface area contributed by atoms with Crippen molar-refractivity contribution in [3.8, 4) is 0 Å². The van der Waals surface area contributed by atoms with E-state index in [1.165, 1.54) is 6.42 Å². The molecule has 3 aliphatic carbocycles. The zero-order valence-electron chi connectivity index (χ0n) is 34.3. The maximum absolute atomic E-state index is 14.9. The fourth-order valence-corrected chi connectivity index (χ4v) is 10.4. The summed E-state index contributed by atoms with van der Waals surface area (Å²) in [7, 11) is 0. The van der Waals surface area contributed by atoms with Gasteiger partial charge in [0, 0.05) is 91.5 Å². The van der Waals surface area contributed by atoms with Crippen LogP contribution >= 0.6 is 11.6 Å². The van der Waals surface area contributed by atoms with Gasteiger partial charge in [-0.15, -0.1) is 0 Å². The third-order valence-electron chi connectivity index (χ3n) is 13.3. The number of ketones is 6. The summed E-state index contributed by atoms with van der Waals surface area (Å²) in [6.07, 6.45) is 9.26. The highest BCUT2D eigenvalue weighted by Gasteiger charge is 2.56. The third-order valence-corrected chi connectivity index (χ3v) is 13.6. The van der Waals surface area contributed by atoms with E-state index in [1.54, 1.807) is 6.07 Å². The van der Waals surface area contributed by atoms with Gasteiger partial charge in [-0.1, -0.05) is 119 Å². The van der Waals surface area contributed by atoms with E-state index in [0.717, 1.165) is 42.4 Å². The van der Waals surface area contributed by atoms with Crippen LogP contribution in [-0.2, 0) is 40.0 Å². The van der Waals surface area contributed by atoms with Crippen molar-refractivity contribution in [1.29, 1.82) is 0 Å². The Morgan fingerprint density at radius 2 is 1.68 bits per heavy atom. The van der Waals surface area contributed by atoms with E-state index < -0.39 is 46.3 Å². The van der Waals surface area contributed by atoms with E-state index in [0.29, 0.717) is 61.6 Å². The molecule has 0 saturated heterocycles. The summed E-state index contributed by atoms with van der Waals surface area (Å²) in [4.78, 5) is 89.2. The molecule has 0 aromatic heterocycles. The van der Waals surface area contributed by atoms with Gasteiger partial charge in [0.15, 0.2) is 5.78 Å². The van der Waals surface area contributed by atoms with E-state index in [4.69, 9.17) is 16.4 Å². The normalized spacial score (nSPS) is 24.5. The molecule has 2 aromatic carbocycles. The number of rotatable bonds is 18. The van der Waals surface area contributed by atoms with E-state index in [2.05, 4.69) is 5.16 Å². The lowest BCUT2D eigenvalue weighted by molar-refractivity contribution is -0.142. The topological polar surface area (TPSA) is 124 Å². The summed E-state index contributed by atoms with van der Waals surface area (Å²) in [6.45, 7) is 7.88. The van der Waals surface area contributed by atoms with Crippen LogP contribution in [0.3, 0.4) is 0 Å². The minimum absolute atomic E-state index is 0.0203. The average Bonchev–Trinajstić information content (AvgIpc) is 3.87. The molecule has 0 bridgehead atoms. The highest BCUT2D eigenvalue weighted by molar-refractivity contribution is 6.38. The van der Waals surface area contributed by atoms with Gasteiger partial charge in [-0.2, -0.15) is 0 Å². The molecule has 6 atom stereocenters. The van der Waals surface area contributed by atoms with Crippen molar-refractivity contribution in [2.45, 2.75) is 148 Å². The lowest BCUT2D eigenvalue weighted by atomic mass is 9.69. The molecule has 2 fully saturated rings. The predicted octanol–water partition coefficient (Wildman–Crippen LogP) is 9.98. The van der Waals surface area contributed by atoms with E-state index in [1.807, 2.05) is 70.2 Å². The first-order valence-corrected chi connectivity index (χ1v) is 21.8. The van der Waals surface area contributed by atoms with E-state index >= 15 is 0 Å². The number of Topliss-reactive ketones (excluding diaryl/α,β-unsaturated/α-hetero) is 6. The second-order valence-corrected chi connectivity index (χ2v) is 19.1. The number of carbonyl (C=O) groups excluding carboxylic acids is 6. The van der Waals surface area contributed by atoms with Crippen LogP contribution in [-0.4, -0.2) is 46.0 Å². The summed E-state index contributed by atoms with van der Waals surface area (Å²) in [5, 5.41) is 5.02. The van der Waals surface area contributed by atoms with Crippen LogP contribution in [0.15, 0.2) is 53.7 Å². The van der Waals surface area contributed by atoms with Crippen LogP contribution < -0.4 is 0 Å². The van der Waals surface area contributed by atoms with Gasteiger partial charge < -0.3 is 4.84 Å². The van der Waals surface area contributed by atoms with Crippen molar-refractivity contribution >= 4 is 52.0 Å². The Kier molecular flexibility index (Phi) is 13.8. The van der Waals surface area contributed by atoms with Gasteiger partial charge in [-0.25, -0.2) is 0 Å². The summed E-state index contributed by atoms with van der Waals surface area (Å²) < 4.78 is 0. The van der Waals surface area contributed by atoms with E-state index in [9.17, 15) is 28.8 Å². The second-order valence-electron chi connectivity index (χ2n) is 18.6. The second kappa shape index (κ2) is 18.4. The standard InChI is InChI=1S/C48H60ClNO7/c1-5-13-33(45(55)42(52)21-12-20-37-36-19-10-9-16-31(36)24-43(37)53)25-44(54)38-27-48(29-41(50-57-48)32-17-11-18-34(49)23-32)28-39(38)46(56)40(47(2,3)4)26-35(51)22-30-14-7-6-8-15-30/h9-11,16-19,23,30,33,37-40H,5-8,12-15,20-22,24-29H2,1-4H3/t33-,37?,38-,39?,40-,48-/m1/s1. The summed E-state index contributed by atoms with van der Waals surface area (Å²) in [5.41, 5.74) is 2.11. The van der Waals surface area contributed by atoms with Gasteiger partial charge in [-0.05, 0) is 53.9 Å². The zero-order valence-corrected chi connectivity index (χ0v) is 35.0. The molecule has 9 heteroatoms. The van der Waals surface area contributed by atoms with Gasteiger partial charge in [-0.3, -0.25) is 28.8 Å². The quantitative estimate of drug-likeness (QED) is 0.138. The third kappa shape index (κ3) is 10.3. The molecule has 4 aliphatic rings. The molecule has 306 valence electrons. The van der Waals surface area contributed by atoms with Crippen LogP contribution in [0.5, 0.6) is 0 Å². The highest BCUT2D eigenvalue weighted by atomic mass is 35.5. The summed E-state index contributed by atoms with van der Waals surface area (Å²) in [5.74, 6) is -3.92. The molecule has 1 spiro atoms. The average molecular weight is 798 g/mol. The van der Waals surface area contributed by atoms with Gasteiger partial charge in [0.25, 0.3) is 0 Å². The van der Waals surface area contributed by atoms with Crippen LogP contribution in [0.4, 0.5) is 0 Å². The lowest BCUT2D eigenvalue weighted by Crippen LogP contribution is -2.39. The number of carbonyl (C=O) groups is 6. The van der Waals surface area contributed by atoms with Crippen molar-refractivity contribution in [2.24, 2.45) is 40.2 Å². The molecule has 57 heavy (non-hydrogen) atoms. The molecule has 1 heterocycles. The van der Waals surface area contributed by atoms with Gasteiger partial charge >= 0.3 is 0 Å². The van der Waals surface area contributed by atoms with Crippen molar-refractivity contribution in [3.05, 3.63) is 70.2 Å². The minimum atomic E-state index is -0.900. The lowest BCUT2D eigenvalue weighted by Gasteiger charge is -2.33. The van der Waals surface area contributed by atoms with Crippen LogP contribution in [0, 0.1) is 35.0 Å². The van der Waals surface area contributed by atoms with Crippen LogP contribution in [0.2, 0.25) is 5.02 Å². The maximum atomic E-state index is 14.9. The number of halogens is 1. The number of hydrogen-bond acceptors (Lipinski definition) is 8. The Morgan fingerprint density at radius 1 is 0.947 bits per heavy atom. The number of nitrogens with zero attached hydrogens (tertiary/aromatic N) is 1. The molecule has 1 aliphatic heterocycles. The Bertz CT molecular complexity index is 1890. The molecule has 6 rings (SSSR count). The van der Waals surface area contributed by atoms with Crippen LogP contribution in [0.25, 0.3) is 0 Å². The molecule has 2 unspecified atom stereocenters. The summed E-state index contributed by atoms with van der Waals surface area (Å²) in [6, 6.07) is 15.1. The van der Waals surface area contributed by atoms with Gasteiger partial charge in [0.2, 0.25) is 5.78 Å². The number of benzene rings is 2. The molecule has 2 aromatic rings. The molecular formula is C48H60ClNO7. The smallest absolute Gasteiger partial charge is 0.201 e. The predicted molar refractivity (Wildman–Crippen MR) is 221 cm³/mol. The van der Waals surface area contributed by atoms with Crippen molar-refractivity contribution < 1.29 is 33.6 Å². The van der Waals surface area contributed by atoms with E-state index in [-0.39, 0.29) is 61.2 Å². The number of oxime groups is 1. The van der Waals surface area contributed by atoms with Gasteiger partial charge in [0.05, 0.1) is 5.71 Å². The van der Waals surface area contributed by atoms with Gasteiger partial charge in [0.1, 0.15) is 28.7 Å². The Hall–Kier alpha value is -3.78. The Morgan fingerprint density at radius 3 is 2.40 bits per heavy atom. The fraction of sp³-hybridized carbons (Fsp3) is 0.604. The number of fused-ring (bicyclic) bond motifs is 1. The molecular weight excluding hydrogens is 738 g/mol. The fourth-order valence-electron chi connectivity index (χ4n) is 10.2. The first kappa shape index (κ1) is 42.8. The molecule has 0 N–H and O–H groups in total. The summed E-state index contributed by atoms with van der Waals surface area (Å²) >= 11 is 6.31. The Labute approximate surface area is 343 Å². The minimum Gasteiger partial charge on any atom is -0.389 e. The largest absolute Gasteiger partial charge is 0.389 e. The molecule has 0 amide bonds. The number of hydrogen-bond donors (Lipinski definition) is 0. The first-order chi connectivity index (χ1) is 27.2. The highest BCUT2D eigenvalue weighted by Crippen LogP contribution is 2.51. The SMILES string of the molecule is CCC[C@H](CC(=O)[C@@H]1C[C@]2(CC(c3cccc(Cl)c3)=NO2)CC1C(=O)[C@@H](CC(=O)CC1CCCCC1)C(C)(C)C)C(=O)C(=O)CCCC1C(=O)Cc2ccccc21. The van der Waals surface area contributed by atoms with Crippen LogP contribution in [0.1, 0.15) is 153 Å². The molecule has 0 radical (unpaired) electrons. The first-order valence-electron chi connectivity index (χ1n) is 21.4. The molecule has 8 nitrogen and oxygen atoms in total. The Balaban J connectivity index is 1.18. The van der Waals surface area contributed by atoms with Crippen molar-refractivity contribution in [2.75, 3.05) is 0 Å². The van der Waals surface area contributed by atoms with Crippen molar-refractivity contribution in [3.63, 3.8) is 0 Å². The molecule has 2 saturated carbocycles. The monoisotopic (exact) mass is 797 g/mol.